The summed E-state index contributed by atoms with van der Waals surface area (Å²) in [4.78, 5) is 3.23. The van der Waals surface area contributed by atoms with Crippen LogP contribution in [0.4, 0.5) is 10.2 Å². The van der Waals surface area contributed by atoms with Crippen LogP contribution in [-0.4, -0.2) is 13.4 Å². The molecule has 3 aromatic rings. The van der Waals surface area contributed by atoms with Crippen LogP contribution in [0, 0.1) is 5.82 Å². The van der Waals surface area contributed by atoms with E-state index in [0.29, 0.717) is 10.8 Å². The molecule has 5 nitrogen and oxygen atoms in total. The molecule has 0 radical (unpaired) electrons. The SMILES string of the molecule is CCC(C)c1cc(Cl)ccc1Oc1cc(F)c(S(=O)(=O)Nc2cscn2)cc1Cl. The van der Waals surface area contributed by atoms with E-state index in [-0.39, 0.29) is 22.5 Å². The maximum Gasteiger partial charge on any atom is 0.266 e. The van der Waals surface area contributed by atoms with E-state index in [0.717, 1.165) is 24.1 Å². The van der Waals surface area contributed by atoms with Gasteiger partial charge in [-0.15, -0.1) is 11.3 Å². The van der Waals surface area contributed by atoms with Crippen molar-refractivity contribution in [2.45, 2.75) is 31.1 Å². The lowest BCUT2D eigenvalue weighted by molar-refractivity contribution is 0.463. The van der Waals surface area contributed by atoms with Gasteiger partial charge in [0.2, 0.25) is 0 Å². The Morgan fingerprint density at radius 2 is 2.00 bits per heavy atom. The average molecular weight is 475 g/mol. The molecule has 1 N–H and O–H groups in total. The van der Waals surface area contributed by atoms with E-state index in [1.54, 1.807) is 18.2 Å². The van der Waals surface area contributed by atoms with Crippen LogP contribution in [0.25, 0.3) is 0 Å². The Balaban J connectivity index is 1.95. The van der Waals surface area contributed by atoms with E-state index < -0.39 is 20.7 Å². The Morgan fingerprint density at radius 1 is 1.24 bits per heavy atom. The molecule has 0 bridgehead atoms. The van der Waals surface area contributed by atoms with Gasteiger partial charge in [-0.3, -0.25) is 4.72 Å². The molecule has 0 aliphatic rings. The molecule has 0 fully saturated rings. The molecular formula is C19H17Cl2FN2O3S2. The largest absolute Gasteiger partial charge is 0.455 e. The number of halogens is 3. The van der Waals surface area contributed by atoms with Crippen LogP contribution in [0.3, 0.4) is 0 Å². The fourth-order valence-corrected chi connectivity index (χ4v) is 4.68. The molecule has 1 atom stereocenters. The third-order valence-electron chi connectivity index (χ3n) is 4.28. The van der Waals surface area contributed by atoms with Gasteiger partial charge in [0.1, 0.15) is 22.2 Å². The number of benzene rings is 2. The minimum atomic E-state index is -4.20. The van der Waals surface area contributed by atoms with Gasteiger partial charge in [-0.2, -0.15) is 0 Å². The number of nitrogens with one attached hydrogen (secondary N) is 1. The first kappa shape index (κ1) is 21.8. The van der Waals surface area contributed by atoms with Gasteiger partial charge in [-0.25, -0.2) is 17.8 Å². The number of anilines is 1. The summed E-state index contributed by atoms with van der Waals surface area (Å²) in [6, 6.07) is 7.08. The van der Waals surface area contributed by atoms with Crippen LogP contribution in [-0.2, 0) is 10.0 Å². The maximum absolute atomic E-state index is 14.6. The van der Waals surface area contributed by atoms with Gasteiger partial charge in [0, 0.05) is 16.5 Å². The molecule has 0 aliphatic heterocycles. The summed E-state index contributed by atoms with van der Waals surface area (Å²) < 4.78 is 47.6. The van der Waals surface area contributed by atoms with Crippen molar-refractivity contribution >= 4 is 50.4 Å². The van der Waals surface area contributed by atoms with Gasteiger partial charge in [0.15, 0.2) is 5.82 Å². The van der Waals surface area contributed by atoms with Gasteiger partial charge >= 0.3 is 0 Å². The third-order valence-corrected chi connectivity index (χ3v) is 6.77. The summed E-state index contributed by atoms with van der Waals surface area (Å²) in [5.41, 5.74) is 2.30. The van der Waals surface area contributed by atoms with E-state index in [4.69, 9.17) is 27.9 Å². The lowest BCUT2D eigenvalue weighted by Crippen LogP contribution is -2.15. The first-order valence-electron chi connectivity index (χ1n) is 8.58. The summed E-state index contributed by atoms with van der Waals surface area (Å²) >= 11 is 13.5. The molecule has 0 saturated carbocycles. The van der Waals surface area contributed by atoms with E-state index in [1.807, 2.05) is 13.8 Å². The Hall–Kier alpha value is -1.87. The van der Waals surface area contributed by atoms with Crippen molar-refractivity contribution in [3.63, 3.8) is 0 Å². The zero-order valence-corrected chi connectivity index (χ0v) is 18.6. The summed E-state index contributed by atoms with van der Waals surface area (Å²) in [6.45, 7) is 4.04. The third kappa shape index (κ3) is 5.01. The van der Waals surface area contributed by atoms with E-state index in [9.17, 15) is 12.8 Å². The molecule has 2 aromatic carbocycles. The van der Waals surface area contributed by atoms with Crippen LogP contribution in [0.15, 0.2) is 46.1 Å². The Morgan fingerprint density at radius 3 is 2.66 bits per heavy atom. The quantitative estimate of drug-likeness (QED) is 0.413. The smallest absolute Gasteiger partial charge is 0.266 e. The average Bonchev–Trinajstić information content (AvgIpc) is 3.17. The van der Waals surface area contributed by atoms with Crippen molar-refractivity contribution in [3.05, 3.63) is 62.6 Å². The number of hydrogen-bond acceptors (Lipinski definition) is 5. The molecule has 0 saturated heterocycles. The Bertz CT molecular complexity index is 1120. The zero-order chi connectivity index (χ0) is 21.2. The summed E-state index contributed by atoms with van der Waals surface area (Å²) in [6.07, 6.45) is 0.846. The predicted molar refractivity (Wildman–Crippen MR) is 115 cm³/mol. The van der Waals surface area contributed by atoms with Gasteiger partial charge in [0.05, 0.1) is 10.5 Å². The molecular weight excluding hydrogens is 458 g/mol. The monoisotopic (exact) mass is 474 g/mol. The topological polar surface area (TPSA) is 68.3 Å². The standard InChI is InChI=1S/C19H17Cl2FN2O3S2/c1-3-11(2)13-6-12(20)4-5-16(13)27-17-8-15(22)18(7-14(17)21)29(25,26)24-19-9-28-10-23-19/h4-11,24H,3H2,1-2H3. The van der Waals surface area contributed by atoms with Gasteiger partial charge in [-0.05, 0) is 42.2 Å². The highest BCUT2D eigenvalue weighted by atomic mass is 35.5. The lowest BCUT2D eigenvalue weighted by atomic mass is 9.98. The summed E-state index contributed by atoms with van der Waals surface area (Å²) in [5.74, 6) is -0.268. The van der Waals surface area contributed by atoms with Crippen molar-refractivity contribution in [1.82, 2.24) is 4.98 Å². The number of thiazole rings is 1. The van der Waals surface area contributed by atoms with Crippen LogP contribution in [0.2, 0.25) is 10.0 Å². The maximum atomic E-state index is 14.6. The van der Waals surface area contributed by atoms with Crippen molar-refractivity contribution in [2.75, 3.05) is 4.72 Å². The Kier molecular flexibility index (Phi) is 6.68. The van der Waals surface area contributed by atoms with Gasteiger partial charge in [0.25, 0.3) is 10.0 Å². The molecule has 1 aromatic heterocycles. The minimum Gasteiger partial charge on any atom is -0.455 e. The van der Waals surface area contributed by atoms with E-state index in [2.05, 4.69) is 9.71 Å². The Labute approximate surface area is 182 Å². The number of nitrogens with zero attached hydrogens (tertiary/aromatic N) is 1. The predicted octanol–water partition coefficient (Wildman–Crippen LogP) is 6.70. The van der Waals surface area contributed by atoms with Gasteiger partial charge < -0.3 is 4.74 Å². The number of sulfonamides is 1. The highest BCUT2D eigenvalue weighted by molar-refractivity contribution is 7.92. The van der Waals surface area contributed by atoms with Crippen molar-refractivity contribution < 1.29 is 17.5 Å². The van der Waals surface area contributed by atoms with E-state index >= 15 is 0 Å². The lowest BCUT2D eigenvalue weighted by Gasteiger charge is -2.17. The van der Waals surface area contributed by atoms with E-state index in [1.165, 1.54) is 22.2 Å². The second kappa shape index (κ2) is 8.87. The molecule has 3 rings (SSSR count). The molecule has 29 heavy (non-hydrogen) atoms. The number of rotatable bonds is 7. The van der Waals surface area contributed by atoms with Crippen molar-refractivity contribution in [1.29, 1.82) is 0 Å². The minimum absolute atomic E-state index is 0.00338. The molecule has 0 aliphatic carbocycles. The van der Waals surface area contributed by atoms with Crippen LogP contribution >= 0.6 is 34.5 Å². The van der Waals surface area contributed by atoms with Crippen molar-refractivity contribution in [2.24, 2.45) is 0 Å². The molecule has 1 unspecified atom stereocenters. The fraction of sp³-hybridized carbons (Fsp3) is 0.211. The molecule has 154 valence electrons. The van der Waals surface area contributed by atoms with Crippen LogP contribution in [0.1, 0.15) is 31.7 Å². The number of hydrogen-bond donors (Lipinski definition) is 1. The normalized spacial score (nSPS) is 12.6. The molecule has 0 spiro atoms. The fourth-order valence-electron chi connectivity index (χ4n) is 2.59. The van der Waals surface area contributed by atoms with Crippen LogP contribution < -0.4 is 9.46 Å². The summed E-state index contributed by atoms with van der Waals surface area (Å²) in [7, 11) is -4.20. The number of aromatic nitrogens is 1. The van der Waals surface area contributed by atoms with Crippen LogP contribution in [0.5, 0.6) is 11.5 Å². The molecule has 10 heteroatoms. The molecule has 1 heterocycles. The first-order valence-corrected chi connectivity index (χ1v) is 11.8. The second-order valence-electron chi connectivity index (χ2n) is 6.29. The van der Waals surface area contributed by atoms with Crippen molar-refractivity contribution in [3.8, 4) is 11.5 Å². The highest BCUT2D eigenvalue weighted by Crippen LogP contribution is 2.38. The highest BCUT2D eigenvalue weighted by Gasteiger charge is 2.23. The number of ether oxygens (including phenoxy) is 1. The summed E-state index contributed by atoms with van der Waals surface area (Å²) in [5, 5.41) is 2.00. The second-order valence-corrected chi connectivity index (χ2v) is 9.50. The first-order chi connectivity index (χ1) is 13.7. The van der Waals surface area contributed by atoms with Gasteiger partial charge in [-0.1, -0.05) is 37.0 Å². The molecule has 0 amide bonds. The zero-order valence-electron chi connectivity index (χ0n) is 15.4.